The van der Waals surface area contributed by atoms with Crippen LogP contribution in [-0.2, 0) is 0 Å². The van der Waals surface area contributed by atoms with Crippen LogP contribution in [0.2, 0.25) is 0 Å². The molecule has 1 heterocycles. The summed E-state index contributed by atoms with van der Waals surface area (Å²) >= 11 is 2.97. The van der Waals surface area contributed by atoms with Crippen LogP contribution in [-0.4, -0.2) is 10.6 Å². The van der Waals surface area contributed by atoms with Crippen molar-refractivity contribution in [3.05, 3.63) is 46.2 Å². The first kappa shape index (κ1) is 16.6. The molecule has 112 valence electrons. The molecule has 0 amide bonds. The number of aromatic nitrogens is 1. The van der Waals surface area contributed by atoms with Crippen molar-refractivity contribution in [1.29, 1.82) is 5.26 Å². The molecule has 0 unspecified atom stereocenters. The second-order valence-electron chi connectivity index (χ2n) is 3.96. The average Bonchev–Trinajstić information content (AvgIpc) is 2.82. The highest BCUT2D eigenvalue weighted by atomic mass is 79.9. The molecule has 21 heavy (non-hydrogen) atoms. The summed E-state index contributed by atoms with van der Waals surface area (Å²) in [7, 11) is 8.82. The van der Waals surface area contributed by atoms with Gasteiger partial charge in [-0.15, -0.1) is 0 Å². The molecule has 1 aromatic carbocycles. The molecule has 0 spiro atoms. The molecule has 0 N–H and O–H groups in total. The van der Waals surface area contributed by atoms with Gasteiger partial charge in [-0.1, -0.05) is 15.9 Å². The Hall–Kier alpha value is -0.810. The van der Waals surface area contributed by atoms with E-state index in [1.165, 1.54) is 6.20 Å². The Balaban J connectivity index is 2.66. The van der Waals surface area contributed by atoms with Crippen molar-refractivity contribution in [2.75, 3.05) is 6.01 Å². The molecule has 2 nitrogen and oxygen atoms in total. The predicted octanol–water partition coefficient (Wildman–Crippen LogP) is 5.79. The van der Waals surface area contributed by atoms with Crippen LogP contribution in [0.4, 0.5) is 13.2 Å². The van der Waals surface area contributed by atoms with Crippen LogP contribution in [0.3, 0.4) is 0 Å². The summed E-state index contributed by atoms with van der Waals surface area (Å²) < 4.78 is 42.0. The number of halogens is 6. The number of nitrogens with zero attached hydrogens (tertiary/aromatic N) is 2. The van der Waals surface area contributed by atoms with Gasteiger partial charge in [0.2, 0.25) is 0 Å². The van der Waals surface area contributed by atoms with E-state index in [9.17, 15) is 13.2 Å². The maximum absolute atomic E-state index is 13.9. The average molecular weight is 418 g/mol. The molecule has 2 rings (SSSR count). The van der Waals surface area contributed by atoms with Crippen molar-refractivity contribution in [3.8, 4) is 11.8 Å². The normalized spacial score (nSPS) is 12.2. The van der Waals surface area contributed by atoms with Gasteiger partial charge >= 0.3 is 0 Å². The molecule has 0 aliphatic rings. The van der Waals surface area contributed by atoms with Crippen LogP contribution >= 0.6 is 45.7 Å². The topological polar surface area (TPSA) is 28.7 Å². The summed E-state index contributed by atoms with van der Waals surface area (Å²) in [5.41, 5.74) is -0.433. The third-order valence-electron chi connectivity index (χ3n) is 2.61. The standard InChI is InChI=1S/C12H6BrCl2F3N2S/c13-8-1-9(17)12(10(18)2-8)20-4-7(3-19)11(5-20)21(14,15)6-16/h1-2,4-5H,6H2. The summed E-state index contributed by atoms with van der Waals surface area (Å²) in [5.74, 6) is -1.70. The molecular weight excluding hydrogens is 412 g/mol. The van der Waals surface area contributed by atoms with Gasteiger partial charge in [0.1, 0.15) is 17.8 Å². The van der Waals surface area contributed by atoms with Gasteiger partial charge in [0, 0.05) is 16.9 Å². The Morgan fingerprint density at radius 1 is 1.24 bits per heavy atom. The van der Waals surface area contributed by atoms with E-state index in [0.717, 1.165) is 22.9 Å². The maximum Gasteiger partial charge on any atom is 0.151 e. The zero-order chi connectivity index (χ0) is 15.8. The SMILES string of the molecule is N#Cc1cn(-c2c(F)cc(Br)cc2F)cc1S(Cl)(Cl)CF. The lowest BCUT2D eigenvalue weighted by Gasteiger charge is -2.19. The number of nitriles is 1. The molecule has 1 aromatic heterocycles. The Morgan fingerprint density at radius 2 is 1.81 bits per heavy atom. The lowest BCUT2D eigenvalue weighted by Crippen LogP contribution is -1.99. The van der Waals surface area contributed by atoms with Gasteiger partial charge in [-0.05, 0) is 42.0 Å². The molecule has 0 fully saturated rings. The first-order valence-electron chi connectivity index (χ1n) is 5.33. The van der Waals surface area contributed by atoms with E-state index in [0.29, 0.717) is 0 Å². The summed E-state index contributed by atoms with van der Waals surface area (Å²) in [5, 5.41) is 9.04. The lowest BCUT2D eigenvalue weighted by molar-refractivity contribution is 0.568. The van der Waals surface area contributed by atoms with E-state index in [1.54, 1.807) is 6.07 Å². The van der Waals surface area contributed by atoms with Gasteiger partial charge in [0.25, 0.3) is 0 Å². The zero-order valence-corrected chi connectivity index (χ0v) is 14.0. The zero-order valence-electron chi connectivity index (χ0n) is 10.1. The van der Waals surface area contributed by atoms with Crippen LogP contribution in [0.1, 0.15) is 5.56 Å². The van der Waals surface area contributed by atoms with Crippen molar-refractivity contribution in [1.82, 2.24) is 4.57 Å². The highest BCUT2D eigenvalue weighted by Gasteiger charge is 2.27. The second-order valence-corrected chi connectivity index (χ2v) is 10.3. The van der Waals surface area contributed by atoms with E-state index >= 15 is 0 Å². The van der Waals surface area contributed by atoms with Gasteiger partial charge in [0.15, 0.2) is 11.6 Å². The van der Waals surface area contributed by atoms with E-state index in [4.69, 9.17) is 26.6 Å². The smallest absolute Gasteiger partial charge is 0.151 e. The lowest BCUT2D eigenvalue weighted by atomic mass is 10.3. The summed E-state index contributed by atoms with van der Waals surface area (Å²) in [6, 6.07) is 2.86. The number of hydrogen-bond acceptors (Lipinski definition) is 1. The number of hydrogen-bond donors (Lipinski definition) is 0. The van der Waals surface area contributed by atoms with E-state index in [2.05, 4.69) is 15.9 Å². The van der Waals surface area contributed by atoms with E-state index in [-0.39, 0.29) is 14.9 Å². The van der Waals surface area contributed by atoms with Crippen LogP contribution in [0.15, 0.2) is 33.9 Å². The van der Waals surface area contributed by atoms with Gasteiger partial charge < -0.3 is 4.57 Å². The third kappa shape index (κ3) is 3.19. The van der Waals surface area contributed by atoms with Gasteiger partial charge in [-0.3, -0.25) is 0 Å². The van der Waals surface area contributed by atoms with Crippen LogP contribution < -0.4 is 0 Å². The van der Waals surface area contributed by atoms with Crippen molar-refractivity contribution in [2.45, 2.75) is 4.90 Å². The fraction of sp³-hybridized carbons (Fsp3) is 0.0833. The number of rotatable bonds is 3. The van der Waals surface area contributed by atoms with E-state index in [1.807, 2.05) is 0 Å². The summed E-state index contributed by atoms with van der Waals surface area (Å²) in [6.45, 7) is 0. The molecule has 0 saturated heterocycles. The molecule has 0 aliphatic carbocycles. The van der Waals surface area contributed by atoms with Crippen molar-refractivity contribution < 1.29 is 13.2 Å². The summed E-state index contributed by atoms with van der Waals surface area (Å²) in [6.07, 6.45) is 2.33. The number of benzene rings is 1. The molecule has 0 atom stereocenters. The Kier molecular flexibility index (Phi) is 4.83. The molecule has 0 saturated carbocycles. The largest absolute Gasteiger partial charge is 0.316 e. The molecule has 0 aliphatic heterocycles. The minimum Gasteiger partial charge on any atom is -0.316 e. The van der Waals surface area contributed by atoms with E-state index < -0.39 is 31.8 Å². The molecular formula is C12H6BrCl2F3N2S. The Bertz CT molecular complexity index is 720. The molecule has 0 radical (unpaired) electrons. The van der Waals surface area contributed by atoms with Crippen LogP contribution in [0.25, 0.3) is 5.69 Å². The van der Waals surface area contributed by atoms with Gasteiger partial charge in [-0.25, -0.2) is 13.2 Å². The summed E-state index contributed by atoms with van der Waals surface area (Å²) in [4.78, 5) is 0.0255. The minimum atomic E-state index is -2.88. The monoisotopic (exact) mass is 416 g/mol. The fourth-order valence-electron chi connectivity index (χ4n) is 1.73. The first-order valence-corrected chi connectivity index (χ1v) is 9.58. The van der Waals surface area contributed by atoms with Crippen LogP contribution in [0, 0.1) is 23.0 Å². The van der Waals surface area contributed by atoms with Crippen molar-refractivity contribution >= 4 is 45.7 Å². The molecule has 9 heteroatoms. The minimum absolute atomic E-state index is 0.0255. The predicted molar refractivity (Wildman–Crippen MR) is 81.6 cm³/mol. The molecule has 0 bridgehead atoms. The van der Waals surface area contributed by atoms with Crippen molar-refractivity contribution in [2.24, 2.45) is 0 Å². The third-order valence-corrected chi connectivity index (χ3v) is 5.80. The first-order chi connectivity index (χ1) is 9.80. The molecule has 2 aromatic rings. The second kappa shape index (κ2) is 6.13. The number of alkyl halides is 1. The highest BCUT2D eigenvalue weighted by molar-refractivity contribution is 9.10. The van der Waals surface area contributed by atoms with Gasteiger partial charge in [-0.2, -0.15) is 5.26 Å². The maximum atomic E-state index is 13.9. The van der Waals surface area contributed by atoms with Gasteiger partial charge in [0.05, 0.1) is 10.5 Å². The quantitative estimate of drug-likeness (QED) is 0.621. The van der Waals surface area contributed by atoms with Crippen molar-refractivity contribution in [3.63, 3.8) is 0 Å². The highest BCUT2D eigenvalue weighted by Crippen LogP contribution is 2.66. The Labute approximate surface area is 137 Å². The Morgan fingerprint density at radius 3 is 2.29 bits per heavy atom. The fourth-order valence-corrected chi connectivity index (χ4v) is 3.67. The van der Waals surface area contributed by atoms with Crippen LogP contribution in [0.5, 0.6) is 0 Å².